The quantitative estimate of drug-likeness (QED) is 0.447. The largest absolute Gasteiger partial charge is 0.453 e. The van der Waals surface area contributed by atoms with Crippen molar-refractivity contribution in [1.29, 1.82) is 0 Å². The number of carbonyl (C=O) groups is 2. The topological polar surface area (TPSA) is 43.4 Å². The molecule has 1 aromatic heterocycles. The van der Waals surface area contributed by atoms with Crippen molar-refractivity contribution in [3.05, 3.63) is 68.6 Å². The van der Waals surface area contributed by atoms with Gasteiger partial charge in [-0.25, -0.2) is 4.79 Å². The molecular formula is C20H17ClO3S. The fourth-order valence-corrected chi connectivity index (χ4v) is 4.08. The van der Waals surface area contributed by atoms with E-state index < -0.39 is 5.97 Å². The van der Waals surface area contributed by atoms with Crippen LogP contribution in [0.15, 0.2) is 36.4 Å². The van der Waals surface area contributed by atoms with E-state index in [9.17, 15) is 9.59 Å². The number of fused-ring (bicyclic) bond motifs is 1. The molecule has 2 aromatic carbocycles. The molecule has 3 rings (SSSR count). The van der Waals surface area contributed by atoms with Gasteiger partial charge in [0.25, 0.3) is 0 Å². The van der Waals surface area contributed by atoms with E-state index in [0.717, 1.165) is 26.8 Å². The molecule has 0 unspecified atom stereocenters. The van der Waals surface area contributed by atoms with Crippen molar-refractivity contribution in [3.8, 4) is 0 Å². The molecule has 1 heterocycles. The van der Waals surface area contributed by atoms with Crippen LogP contribution in [0.3, 0.4) is 0 Å². The number of Topliss-reactive ketones (excluding diaryl/α,β-unsaturated/α-hetero) is 1. The molecule has 0 aliphatic carbocycles. The number of ether oxygens (including phenoxy) is 1. The van der Waals surface area contributed by atoms with Crippen LogP contribution in [0.4, 0.5) is 0 Å². The van der Waals surface area contributed by atoms with Gasteiger partial charge in [0.1, 0.15) is 4.88 Å². The Hall–Kier alpha value is -2.17. The van der Waals surface area contributed by atoms with Crippen molar-refractivity contribution >= 4 is 44.8 Å². The second-order valence-electron chi connectivity index (χ2n) is 5.99. The predicted octanol–water partition coefficient (Wildman–Crippen LogP) is 5.52. The van der Waals surface area contributed by atoms with E-state index in [-0.39, 0.29) is 12.4 Å². The first kappa shape index (κ1) is 17.6. The van der Waals surface area contributed by atoms with Crippen LogP contribution < -0.4 is 0 Å². The summed E-state index contributed by atoms with van der Waals surface area (Å²) in [6, 6.07) is 11.3. The molecule has 0 saturated carbocycles. The van der Waals surface area contributed by atoms with Crippen LogP contribution in [0.5, 0.6) is 0 Å². The lowest BCUT2D eigenvalue weighted by molar-refractivity contribution is 0.0479. The number of rotatable bonds is 4. The third kappa shape index (κ3) is 3.46. The summed E-state index contributed by atoms with van der Waals surface area (Å²) >= 11 is 7.54. The van der Waals surface area contributed by atoms with Gasteiger partial charge in [-0.15, -0.1) is 11.3 Å². The van der Waals surface area contributed by atoms with E-state index in [0.29, 0.717) is 15.5 Å². The van der Waals surface area contributed by atoms with Crippen LogP contribution >= 0.6 is 22.9 Å². The van der Waals surface area contributed by atoms with Gasteiger partial charge in [0, 0.05) is 15.6 Å². The third-order valence-electron chi connectivity index (χ3n) is 4.20. The van der Waals surface area contributed by atoms with Gasteiger partial charge in [0.15, 0.2) is 6.61 Å². The number of ketones is 1. The first-order valence-corrected chi connectivity index (χ1v) is 9.03. The number of aryl methyl sites for hydroxylation is 3. The molecule has 0 N–H and O–H groups in total. The van der Waals surface area contributed by atoms with E-state index >= 15 is 0 Å². The Morgan fingerprint density at radius 2 is 1.72 bits per heavy atom. The first-order chi connectivity index (χ1) is 11.9. The summed E-state index contributed by atoms with van der Waals surface area (Å²) in [6.45, 7) is 5.53. The maximum absolute atomic E-state index is 12.4. The summed E-state index contributed by atoms with van der Waals surface area (Å²) in [5, 5.41) is 1.19. The van der Waals surface area contributed by atoms with Gasteiger partial charge in [-0.05, 0) is 49.6 Å². The van der Waals surface area contributed by atoms with Gasteiger partial charge >= 0.3 is 5.97 Å². The van der Waals surface area contributed by atoms with E-state index in [1.165, 1.54) is 11.3 Å². The molecule has 3 nitrogen and oxygen atoms in total. The Morgan fingerprint density at radius 3 is 2.44 bits per heavy atom. The summed E-state index contributed by atoms with van der Waals surface area (Å²) in [5.41, 5.74) is 3.62. The van der Waals surface area contributed by atoms with Gasteiger partial charge in [0.05, 0.1) is 5.02 Å². The molecule has 25 heavy (non-hydrogen) atoms. The van der Waals surface area contributed by atoms with Gasteiger partial charge < -0.3 is 4.74 Å². The summed E-state index contributed by atoms with van der Waals surface area (Å²) < 4.78 is 6.13. The molecule has 0 bridgehead atoms. The molecule has 0 aliphatic heterocycles. The van der Waals surface area contributed by atoms with Crippen LogP contribution in [0.1, 0.15) is 36.7 Å². The number of carbonyl (C=O) groups excluding carboxylic acids is 2. The highest BCUT2D eigenvalue weighted by atomic mass is 35.5. The molecule has 128 valence electrons. The zero-order chi connectivity index (χ0) is 18.1. The second-order valence-corrected chi connectivity index (χ2v) is 7.42. The van der Waals surface area contributed by atoms with E-state index in [2.05, 4.69) is 0 Å². The highest BCUT2D eigenvalue weighted by molar-refractivity contribution is 7.21. The molecule has 0 aliphatic rings. The normalized spacial score (nSPS) is 10.9. The van der Waals surface area contributed by atoms with Crippen molar-refractivity contribution in [2.75, 3.05) is 6.61 Å². The smallest absolute Gasteiger partial charge is 0.350 e. The zero-order valence-electron chi connectivity index (χ0n) is 14.2. The number of esters is 1. The molecule has 5 heteroatoms. The molecular weight excluding hydrogens is 356 g/mol. The van der Waals surface area contributed by atoms with Gasteiger partial charge in [0.2, 0.25) is 5.78 Å². The standard InChI is InChI=1S/C20H17ClO3S/c1-11-8-13(3)15(9-12(11)2)16(22)10-24-20(23)19-18(21)14-6-4-5-7-17(14)25-19/h4-9H,10H2,1-3H3. The fraction of sp³-hybridized carbons (Fsp3) is 0.200. The number of benzene rings is 2. The van der Waals surface area contributed by atoms with Gasteiger partial charge in [-0.1, -0.05) is 35.9 Å². The van der Waals surface area contributed by atoms with Crippen molar-refractivity contribution in [1.82, 2.24) is 0 Å². The average Bonchev–Trinajstić information content (AvgIpc) is 2.93. The maximum Gasteiger partial charge on any atom is 0.350 e. The van der Waals surface area contributed by atoms with Crippen molar-refractivity contribution in [2.45, 2.75) is 20.8 Å². The van der Waals surface area contributed by atoms with E-state index in [4.69, 9.17) is 16.3 Å². The minimum absolute atomic E-state index is 0.216. The van der Waals surface area contributed by atoms with Crippen LogP contribution in [0.25, 0.3) is 10.1 Å². The molecule has 0 saturated heterocycles. The molecule has 3 aromatic rings. The summed E-state index contributed by atoms with van der Waals surface area (Å²) in [5.74, 6) is -0.785. The predicted molar refractivity (Wildman–Crippen MR) is 102 cm³/mol. The monoisotopic (exact) mass is 372 g/mol. The fourth-order valence-electron chi connectivity index (χ4n) is 2.68. The average molecular weight is 373 g/mol. The molecule has 0 amide bonds. The highest BCUT2D eigenvalue weighted by Gasteiger charge is 2.20. The Morgan fingerprint density at radius 1 is 1.04 bits per heavy atom. The second kappa shape index (κ2) is 6.98. The van der Waals surface area contributed by atoms with Crippen molar-refractivity contribution in [3.63, 3.8) is 0 Å². The minimum Gasteiger partial charge on any atom is -0.453 e. The number of halogens is 1. The summed E-state index contributed by atoms with van der Waals surface area (Å²) in [4.78, 5) is 25.1. The minimum atomic E-state index is -0.568. The van der Waals surface area contributed by atoms with Crippen LogP contribution in [-0.4, -0.2) is 18.4 Å². The number of thiophene rings is 1. The lowest BCUT2D eigenvalue weighted by Crippen LogP contribution is -2.15. The highest BCUT2D eigenvalue weighted by Crippen LogP contribution is 2.35. The lowest BCUT2D eigenvalue weighted by Gasteiger charge is -2.09. The molecule has 0 spiro atoms. The van der Waals surface area contributed by atoms with Crippen LogP contribution in [0, 0.1) is 20.8 Å². The van der Waals surface area contributed by atoms with Crippen molar-refractivity contribution < 1.29 is 14.3 Å². The van der Waals surface area contributed by atoms with E-state index in [1.807, 2.05) is 57.2 Å². The summed E-state index contributed by atoms with van der Waals surface area (Å²) in [7, 11) is 0. The Bertz CT molecular complexity index is 988. The van der Waals surface area contributed by atoms with Gasteiger partial charge in [-0.2, -0.15) is 0 Å². The zero-order valence-corrected chi connectivity index (χ0v) is 15.8. The SMILES string of the molecule is Cc1cc(C)c(C(=O)COC(=O)c2sc3ccccc3c2Cl)cc1C. The molecule has 0 radical (unpaired) electrons. The van der Waals surface area contributed by atoms with Crippen LogP contribution in [0.2, 0.25) is 5.02 Å². The Kier molecular flexibility index (Phi) is 4.93. The molecule has 0 atom stereocenters. The first-order valence-electron chi connectivity index (χ1n) is 7.83. The maximum atomic E-state index is 12.4. The number of hydrogen-bond acceptors (Lipinski definition) is 4. The van der Waals surface area contributed by atoms with Crippen LogP contribution in [-0.2, 0) is 4.74 Å². The van der Waals surface area contributed by atoms with E-state index in [1.54, 1.807) is 0 Å². The molecule has 0 fully saturated rings. The lowest BCUT2D eigenvalue weighted by atomic mass is 9.98. The third-order valence-corrected chi connectivity index (χ3v) is 5.85. The Labute approximate surface area is 155 Å². The number of hydrogen-bond donors (Lipinski definition) is 0. The Balaban J connectivity index is 1.76. The van der Waals surface area contributed by atoms with Crippen molar-refractivity contribution in [2.24, 2.45) is 0 Å². The summed E-state index contributed by atoms with van der Waals surface area (Å²) in [6.07, 6.45) is 0. The van der Waals surface area contributed by atoms with Gasteiger partial charge in [-0.3, -0.25) is 4.79 Å².